The first-order valence-electron chi connectivity index (χ1n) is 4.21. The van der Waals surface area contributed by atoms with Crippen LogP contribution in [0, 0.1) is 5.82 Å². The van der Waals surface area contributed by atoms with Crippen LogP contribution in [0.4, 0.5) is 4.39 Å². The van der Waals surface area contributed by atoms with Crippen molar-refractivity contribution in [1.29, 1.82) is 0 Å². The normalized spacial score (nSPS) is 12.4. The Morgan fingerprint density at radius 1 is 1.56 bits per heavy atom. The van der Waals surface area contributed by atoms with E-state index in [1.165, 1.54) is 0 Å². The first-order chi connectivity index (χ1) is 7.34. The minimum atomic E-state index is -1.24. The molecule has 5 nitrogen and oxygen atoms in total. The molecule has 1 unspecified atom stereocenters. The Kier molecular flexibility index (Phi) is 3.71. The summed E-state index contributed by atoms with van der Waals surface area (Å²) in [5.41, 5.74) is 5.00. The number of phenolic OH excluding ortho intramolecular Hbond substituents is 2. The molecular formula is C9H9BrFNO4. The first kappa shape index (κ1) is 12.7. The highest BCUT2D eigenvalue weighted by atomic mass is 79.9. The number of carboxylic acids is 1. The topological polar surface area (TPSA) is 104 Å². The van der Waals surface area contributed by atoms with E-state index in [0.29, 0.717) is 0 Å². The predicted octanol–water partition coefficient (Wildman–Crippen LogP) is 1.47. The van der Waals surface area contributed by atoms with Crippen molar-refractivity contribution in [3.8, 4) is 11.5 Å². The zero-order chi connectivity index (χ0) is 12.5. The van der Waals surface area contributed by atoms with E-state index in [1.807, 2.05) is 0 Å². The van der Waals surface area contributed by atoms with Gasteiger partial charge in [0.1, 0.15) is 5.82 Å². The van der Waals surface area contributed by atoms with E-state index in [4.69, 9.17) is 10.8 Å². The van der Waals surface area contributed by atoms with E-state index in [0.717, 1.165) is 6.07 Å². The average molecular weight is 294 g/mol. The maximum atomic E-state index is 13.6. The number of halogens is 2. The summed E-state index contributed by atoms with van der Waals surface area (Å²) in [5, 5.41) is 27.1. The minimum Gasteiger partial charge on any atom is -0.504 e. The fourth-order valence-electron chi connectivity index (χ4n) is 1.25. The largest absolute Gasteiger partial charge is 0.504 e. The lowest BCUT2D eigenvalue weighted by atomic mass is 10.0. The molecule has 0 aromatic heterocycles. The minimum absolute atomic E-state index is 0.0985. The van der Waals surface area contributed by atoms with Crippen LogP contribution in [0.2, 0.25) is 0 Å². The molecule has 0 amide bonds. The SMILES string of the molecule is NC(CC(=O)O)c1c(O)c(O)cc(Br)c1F. The van der Waals surface area contributed by atoms with Crippen molar-refractivity contribution in [3.05, 3.63) is 21.9 Å². The molecule has 1 rings (SSSR count). The first-order valence-corrected chi connectivity index (χ1v) is 5.01. The van der Waals surface area contributed by atoms with Crippen LogP contribution in [-0.2, 0) is 4.79 Å². The van der Waals surface area contributed by atoms with E-state index in [2.05, 4.69) is 15.9 Å². The quantitative estimate of drug-likeness (QED) is 0.632. The van der Waals surface area contributed by atoms with Gasteiger partial charge in [-0.05, 0) is 15.9 Å². The van der Waals surface area contributed by atoms with Gasteiger partial charge in [0.05, 0.1) is 16.5 Å². The van der Waals surface area contributed by atoms with Crippen LogP contribution < -0.4 is 5.73 Å². The van der Waals surface area contributed by atoms with Gasteiger partial charge in [0.15, 0.2) is 11.5 Å². The molecule has 0 aliphatic heterocycles. The summed E-state index contributed by atoms with van der Waals surface area (Å²) in [7, 11) is 0. The zero-order valence-corrected chi connectivity index (χ0v) is 9.53. The van der Waals surface area contributed by atoms with E-state index >= 15 is 0 Å². The molecule has 0 aliphatic carbocycles. The molecule has 1 aromatic rings. The summed E-state index contributed by atoms with van der Waals surface area (Å²) < 4.78 is 13.5. The van der Waals surface area contributed by atoms with Crippen molar-refractivity contribution in [1.82, 2.24) is 0 Å². The van der Waals surface area contributed by atoms with Crippen LogP contribution >= 0.6 is 15.9 Å². The van der Waals surface area contributed by atoms with Crippen molar-refractivity contribution in [2.45, 2.75) is 12.5 Å². The standard InChI is InChI=1S/C9H9BrFNO4/c10-3-1-5(13)9(16)7(8(3)11)4(12)2-6(14)15/h1,4,13,16H,2,12H2,(H,14,15). The summed E-state index contributed by atoms with van der Waals surface area (Å²) in [4.78, 5) is 10.4. The number of nitrogens with two attached hydrogens (primary N) is 1. The van der Waals surface area contributed by atoms with E-state index < -0.39 is 41.3 Å². The van der Waals surface area contributed by atoms with Crippen LogP contribution in [0.5, 0.6) is 11.5 Å². The summed E-state index contributed by atoms with van der Waals surface area (Å²) in [6.45, 7) is 0. The van der Waals surface area contributed by atoms with Crippen LogP contribution in [0.1, 0.15) is 18.0 Å². The van der Waals surface area contributed by atoms with Crippen molar-refractivity contribution in [3.63, 3.8) is 0 Å². The molecular weight excluding hydrogens is 285 g/mol. The third-order valence-electron chi connectivity index (χ3n) is 1.97. The smallest absolute Gasteiger partial charge is 0.305 e. The van der Waals surface area contributed by atoms with Crippen LogP contribution in [0.15, 0.2) is 10.5 Å². The Hall–Kier alpha value is -1.34. The fraction of sp³-hybridized carbons (Fsp3) is 0.222. The zero-order valence-electron chi connectivity index (χ0n) is 7.94. The number of hydrogen-bond acceptors (Lipinski definition) is 4. The molecule has 16 heavy (non-hydrogen) atoms. The van der Waals surface area contributed by atoms with Crippen molar-refractivity contribution in [2.24, 2.45) is 5.73 Å². The van der Waals surface area contributed by atoms with Gasteiger partial charge in [-0.3, -0.25) is 4.79 Å². The second-order valence-electron chi connectivity index (χ2n) is 3.16. The van der Waals surface area contributed by atoms with Gasteiger partial charge in [-0.25, -0.2) is 4.39 Å². The summed E-state index contributed by atoms with van der Waals surface area (Å²) in [6, 6.07) is -0.275. The molecule has 0 fully saturated rings. The van der Waals surface area contributed by atoms with Gasteiger partial charge in [0, 0.05) is 12.1 Å². The van der Waals surface area contributed by atoms with Gasteiger partial charge in [0.2, 0.25) is 0 Å². The summed E-state index contributed by atoms with van der Waals surface area (Å²) in [5.74, 6) is -3.42. The number of rotatable bonds is 3. The van der Waals surface area contributed by atoms with Crippen molar-refractivity contribution >= 4 is 21.9 Å². The third-order valence-corrected chi connectivity index (χ3v) is 2.55. The van der Waals surface area contributed by atoms with E-state index in [9.17, 15) is 19.4 Å². The highest BCUT2D eigenvalue weighted by Gasteiger charge is 2.23. The Bertz CT molecular complexity index is 412. The van der Waals surface area contributed by atoms with Gasteiger partial charge in [-0.1, -0.05) is 0 Å². The average Bonchev–Trinajstić information content (AvgIpc) is 2.14. The highest BCUT2D eigenvalue weighted by Crippen LogP contribution is 2.39. The van der Waals surface area contributed by atoms with Gasteiger partial charge >= 0.3 is 5.97 Å². The lowest BCUT2D eigenvalue weighted by molar-refractivity contribution is -0.137. The van der Waals surface area contributed by atoms with Gasteiger partial charge in [-0.15, -0.1) is 0 Å². The van der Waals surface area contributed by atoms with Crippen molar-refractivity contribution in [2.75, 3.05) is 0 Å². The fourth-order valence-corrected chi connectivity index (χ4v) is 1.68. The second kappa shape index (κ2) is 4.67. The summed E-state index contributed by atoms with van der Waals surface area (Å²) >= 11 is 2.82. The number of hydrogen-bond donors (Lipinski definition) is 4. The molecule has 1 atom stereocenters. The maximum absolute atomic E-state index is 13.6. The molecule has 0 saturated heterocycles. The number of aromatic hydroxyl groups is 2. The molecule has 0 aliphatic rings. The van der Waals surface area contributed by atoms with Crippen LogP contribution in [0.25, 0.3) is 0 Å². The molecule has 0 saturated carbocycles. The van der Waals surface area contributed by atoms with E-state index in [-0.39, 0.29) is 4.47 Å². The predicted molar refractivity (Wildman–Crippen MR) is 56.6 cm³/mol. The lowest BCUT2D eigenvalue weighted by Crippen LogP contribution is -2.16. The molecule has 1 aromatic carbocycles. The molecule has 5 N–H and O–H groups in total. The third kappa shape index (κ3) is 2.42. The van der Waals surface area contributed by atoms with Gasteiger partial charge in [-0.2, -0.15) is 0 Å². The number of carbonyl (C=O) groups is 1. The van der Waals surface area contributed by atoms with Gasteiger partial charge in [0.25, 0.3) is 0 Å². The molecule has 88 valence electrons. The van der Waals surface area contributed by atoms with E-state index in [1.54, 1.807) is 0 Å². The molecule has 0 bridgehead atoms. The monoisotopic (exact) mass is 293 g/mol. The Labute approximate surface area is 98.4 Å². The van der Waals surface area contributed by atoms with Crippen LogP contribution in [-0.4, -0.2) is 21.3 Å². The number of benzene rings is 1. The molecule has 7 heteroatoms. The second-order valence-corrected chi connectivity index (χ2v) is 4.01. The molecule has 0 radical (unpaired) electrons. The Morgan fingerprint density at radius 2 is 2.12 bits per heavy atom. The van der Waals surface area contributed by atoms with Crippen molar-refractivity contribution < 1.29 is 24.5 Å². The lowest BCUT2D eigenvalue weighted by Gasteiger charge is -2.14. The Balaban J connectivity index is 3.26. The molecule has 0 heterocycles. The Morgan fingerprint density at radius 3 is 2.62 bits per heavy atom. The van der Waals surface area contributed by atoms with Crippen LogP contribution in [0.3, 0.4) is 0 Å². The maximum Gasteiger partial charge on any atom is 0.305 e. The number of carboxylic acid groups (broad SMARTS) is 1. The number of aliphatic carboxylic acids is 1. The van der Waals surface area contributed by atoms with Gasteiger partial charge < -0.3 is 21.1 Å². The number of phenols is 2. The highest BCUT2D eigenvalue weighted by molar-refractivity contribution is 9.10. The summed E-state index contributed by atoms with van der Waals surface area (Å²) in [6.07, 6.45) is -0.555. The molecule has 0 spiro atoms.